The van der Waals surface area contributed by atoms with Crippen molar-refractivity contribution in [2.24, 2.45) is 5.92 Å². The minimum absolute atomic E-state index is 0.0261. The van der Waals surface area contributed by atoms with Gasteiger partial charge in [0.1, 0.15) is 5.82 Å². The molecule has 170 valence electrons. The highest BCUT2D eigenvalue weighted by Crippen LogP contribution is 2.40. The molecule has 0 nitrogen and oxygen atoms in total. The van der Waals surface area contributed by atoms with Gasteiger partial charge in [0, 0.05) is 0 Å². The lowest BCUT2D eigenvalue weighted by atomic mass is 9.75. The fourth-order valence-electron chi connectivity index (χ4n) is 5.41. The normalized spacial score (nSPS) is 18.9. The Labute approximate surface area is 190 Å². The molecule has 0 amide bonds. The average Bonchev–Trinajstić information content (AvgIpc) is 2.80. The van der Waals surface area contributed by atoms with Crippen molar-refractivity contribution in [3.63, 3.8) is 0 Å². The lowest BCUT2D eigenvalue weighted by Gasteiger charge is -2.30. The van der Waals surface area contributed by atoms with Gasteiger partial charge in [-0.3, -0.25) is 0 Å². The minimum atomic E-state index is 0.0261. The lowest BCUT2D eigenvalue weighted by molar-refractivity contribution is 0.298. The third-order valence-electron chi connectivity index (χ3n) is 7.39. The highest BCUT2D eigenvalue weighted by atomic mass is 19.1. The molecule has 0 heterocycles. The van der Waals surface area contributed by atoms with Crippen LogP contribution in [0.25, 0.3) is 0 Å². The number of halogens is 1. The standard InChI is InChI=1S/C30H43F/c1-3-5-7-10-24-14-16-26(17-15-24)20-21-27-12-9-13-29(31)30(27)28-22-18-25(19-23-28)11-8-6-4-2/h9,12-17,25,28H,3-8,10-11,18-23H2,1-2H3. The van der Waals surface area contributed by atoms with Crippen LogP contribution in [0.3, 0.4) is 0 Å². The van der Waals surface area contributed by atoms with Gasteiger partial charge in [0.15, 0.2) is 0 Å². The van der Waals surface area contributed by atoms with Crippen LogP contribution in [0.4, 0.5) is 4.39 Å². The Morgan fingerprint density at radius 3 is 2.03 bits per heavy atom. The Balaban J connectivity index is 1.56. The average molecular weight is 423 g/mol. The van der Waals surface area contributed by atoms with Gasteiger partial charge in [-0.15, -0.1) is 0 Å². The van der Waals surface area contributed by atoms with Gasteiger partial charge in [-0.1, -0.05) is 88.8 Å². The van der Waals surface area contributed by atoms with Crippen LogP contribution in [-0.4, -0.2) is 0 Å². The summed E-state index contributed by atoms with van der Waals surface area (Å²) in [6.07, 6.45) is 17.3. The van der Waals surface area contributed by atoms with Crippen molar-refractivity contribution in [1.29, 1.82) is 0 Å². The van der Waals surface area contributed by atoms with Gasteiger partial charge in [0.25, 0.3) is 0 Å². The van der Waals surface area contributed by atoms with E-state index in [-0.39, 0.29) is 5.82 Å². The maximum atomic E-state index is 14.9. The molecule has 0 atom stereocenters. The number of unbranched alkanes of at least 4 members (excludes halogenated alkanes) is 4. The molecule has 1 aliphatic rings. The molecule has 2 aromatic rings. The molecule has 0 saturated heterocycles. The van der Waals surface area contributed by atoms with Crippen LogP contribution >= 0.6 is 0 Å². The van der Waals surface area contributed by atoms with Crippen LogP contribution in [-0.2, 0) is 19.3 Å². The van der Waals surface area contributed by atoms with Crippen LogP contribution in [0.1, 0.15) is 113 Å². The predicted octanol–water partition coefficient (Wildman–Crippen LogP) is 9.20. The molecule has 3 rings (SSSR count). The largest absolute Gasteiger partial charge is 0.207 e. The van der Waals surface area contributed by atoms with Crippen LogP contribution < -0.4 is 0 Å². The molecule has 0 radical (unpaired) electrons. The summed E-state index contributed by atoms with van der Waals surface area (Å²) in [5, 5.41) is 0. The Hall–Kier alpha value is -1.63. The van der Waals surface area contributed by atoms with Crippen molar-refractivity contribution >= 4 is 0 Å². The van der Waals surface area contributed by atoms with Crippen molar-refractivity contribution in [2.75, 3.05) is 0 Å². The Morgan fingerprint density at radius 2 is 1.35 bits per heavy atom. The van der Waals surface area contributed by atoms with Crippen molar-refractivity contribution in [3.8, 4) is 0 Å². The van der Waals surface area contributed by atoms with Crippen molar-refractivity contribution in [3.05, 3.63) is 70.5 Å². The number of hydrogen-bond acceptors (Lipinski definition) is 0. The summed E-state index contributed by atoms with van der Waals surface area (Å²) in [5.74, 6) is 1.31. The summed E-state index contributed by atoms with van der Waals surface area (Å²) in [6, 6.07) is 14.9. The molecule has 0 aromatic heterocycles. The minimum Gasteiger partial charge on any atom is -0.207 e. The summed E-state index contributed by atoms with van der Waals surface area (Å²) in [7, 11) is 0. The van der Waals surface area contributed by atoms with Gasteiger partial charge in [-0.05, 0) is 91.5 Å². The van der Waals surface area contributed by atoms with Crippen molar-refractivity contribution < 1.29 is 4.39 Å². The molecule has 0 aliphatic heterocycles. The van der Waals surface area contributed by atoms with E-state index in [0.717, 1.165) is 37.2 Å². The van der Waals surface area contributed by atoms with Crippen LogP contribution in [0, 0.1) is 11.7 Å². The fourth-order valence-corrected chi connectivity index (χ4v) is 5.41. The molecule has 1 heteroatoms. The van der Waals surface area contributed by atoms with Gasteiger partial charge in [0.05, 0.1) is 0 Å². The first-order chi connectivity index (χ1) is 15.2. The highest BCUT2D eigenvalue weighted by Gasteiger charge is 2.25. The van der Waals surface area contributed by atoms with E-state index in [4.69, 9.17) is 0 Å². The molecule has 1 fully saturated rings. The molecule has 1 aliphatic carbocycles. The zero-order valence-electron chi connectivity index (χ0n) is 20.0. The first-order valence-corrected chi connectivity index (χ1v) is 13.1. The zero-order valence-corrected chi connectivity index (χ0v) is 20.0. The topological polar surface area (TPSA) is 0 Å². The summed E-state index contributed by atoms with van der Waals surface area (Å²) in [4.78, 5) is 0. The predicted molar refractivity (Wildman–Crippen MR) is 132 cm³/mol. The summed E-state index contributed by atoms with van der Waals surface area (Å²) < 4.78 is 14.9. The van der Waals surface area contributed by atoms with E-state index in [9.17, 15) is 4.39 Å². The van der Waals surface area contributed by atoms with Gasteiger partial charge >= 0.3 is 0 Å². The maximum absolute atomic E-state index is 14.9. The van der Waals surface area contributed by atoms with Gasteiger partial charge < -0.3 is 0 Å². The number of aryl methyl sites for hydroxylation is 3. The summed E-state index contributed by atoms with van der Waals surface area (Å²) >= 11 is 0. The van der Waals surface area contributed by atoms with Crippen LogP contribution in [0.5, 0.6) is 0 Å². The van der Waals surface area contributed by atoms with E-state index in [1.165, 1.54) is 80.9 Å². The molecule has 31 heavy (non-hydrogen) atoms. The molecular formula is C30H43F. The Bertz CT molecular complexity index is 752. The van der Waals surface area contributed by atoms with Gasteiger partial charge in [-0.25, -0.2) is 4.39 Å². The smallest absolute Gasteiger partial charge is 0.126 e. The van der Waals surface area contributed by atoms with E-state index in [1.54, 1.807) is 6.07 Å². The second-order valence-corrected chi connectivity index (χ2v) is 9.80. The summed E-state index contributed by atoms with van der Waals surface area (Å²) in [6.45, 7) is 4.53. The highest BCUT2D eigenvalue weighted by molar-refractivity contribution is 5.34. The number of hydrogen-bond donors (Lipinski definition) is 0. The maximum Gasteiger partial charge on any atom is 0.126 e. The Kier molecular flexibility index (Phi) is 10.1. The fraction of sp³-hybridized carbons (Fsp3) is 0.600. The number of rotatable bonds is 12. The summed E-state index contributed by atoms with van der Waals surface area (Å²) in [5.41, 5.74) is 5.08. The first kappa shape index (κ1) is 24.0. The SMILES string of the molecule is CCCCCc1ccc(CCc2cccc(F)c2C2CCC(CCCCC)CC2)cc1. The van der Waals surface area contributed by atoms with Crippen molar-refractivity contribution in [2.45, 2.75) is 110 Å². The van der Waals surface area contributed by atoms with E-state index in [1.807, 2.05) is 6.07 Å². The van der Waals surface area contributed by atoms with Gasteiger partial charge in [-0.2, -0.15) is 0 Å². The zero-order chi connectivity index (χ0) is 21.9. The molecule has 1 saturated carbocycles. The monoisotopic (exact) mass is 422 g/mol. The van der Waals surface area contributed by atoms with Crippen LogP contribution in [0.15, 0.2) is 42.5 Å². The van der Waals surface area contributed by atoms with E-state index in [2.05, 4.69) is 44.2 Å². The third kappa shape index (κ3) is 7.48. The second kappa shape index (κ2) is 13.0. The second-order valence-electron chi connectivity index (χ2n) is 9.80. The van der Waals surface area contributed by atoms with E-state index < -0.39 is 0 Å². The third-order valence-corrected chi connectivity index (χ3v) is 7.39. The molecule has 0 N–H and O–H groups in total. The number of benzene rings is 2. The molecule has 0 unspecified atom stereocenters. The molecule has 0 bridgehead atoms. The van der Waals surface area contributed by atoms with Crippen LogP contribution in [0.2, 0.25) is 0 Å². The first-order valence-electron chi connectivity index (χ1n) is 13.1. The Morgan fingerprint density at radius 1 is 0.710 bits per heavy atom. The molecule has 2 aromatic carbocycles. The van der Waals surface area contributed by atoms with E-state index in [0.29, 0.717) is 5.92 Å². The van der Waals surface area contributed by atoms with E-state index >= 15 is 0 Å². The van der Waals surface area contributed by atoms with Gasteiger partial charge in [0.2, 0.25) is 0 Å². The molecular weight excluding hydrogens is 379 g/mol. The van der Waals surface area contributed by atoms with Crippen molar-refractivity contribution in [1.82, 2.24) is 0 Å². The molecule has 0 spiro atoms. The lowest BCUT2D eigenvalue weighted by Crippen LogP contribution is -2.16. The quantitative estimate of drug-likeness (QED) is 0.299.